The fraction of sp³-hybridized carbons (Fsp3) is 0.286. The Morgan fingerprint density at radius 2 is 1.77 bits per heavy atom. The van der Waals surface area contributed by atoms with E-state index in [4.69, 9.17) is 25.8 Å². The smallest absolute Gasteiger partial charge is 0.422 e. The maximum absolute atomic E-state index is 14.5. The normalized spacial score (nSPS) is 15.6. The summed E-state index contributed by atoms with van der Waals surface area (Å²) in [5.74, 6) is -2.16. The van der Waals surface area contributed by atoms with E-state index in [1.54, 1.807) is 18.2 Å². The second-order valence-electron chi connectivity index (χ2n) is 9.03. The summed E-state index contributed by atoms with van der Waals surface area (Å²) >= 11 is 6.48. The lowest BCUT2D eigenvalue weighted by atomic mass is 9.77. The molecule has 0 aromatic heterocycles. The largest absolute Gasteiger partial charge is 0.494 e. The molecular weight excluding hydrogens is 539 g/mol. The Morgan fingerprint density at radius 3 is 2.36 bits per heavy atom. The summed E-state index contributed by atoms with van der Waals surface area (Å²) in [6, 6.07) is 12.7. The maximum Gasteiger partial charge on any atom is 0.422 e. The summed E-state index contributed by atoms with van der Waals surface area (Å²) in [5, 5.41) is 11.4. The summed E-state index contributed by atoms with van der Waals surface area (Å²) in [4.78, 5) is 25.2. The van der Waals surface area contributed by atoms with Gasteiger partial charge in [0.15, 0.2) is 18.0 Å². The zero-order valence-electron chi connectivity index (χ0n) is 21.4. The monoisotopic (exact) mass is 563 g/mol. The molecule has 1 heterocycles. The minimum Gasteiger partial charge on any atom is -0.494 e. The first-order valence-corrected chi connectivity index (χ1v) is 12.1. The van der Waals surface area contributed by atoms with Crippen molar-refractivity contribution in [3.63, 3.8) is 0 Å². The third kappa shape index (κ3) is 4.79. The van der Waals surface area contributed by atoms with Crippen LogP contribution in [0.2, 0.25) is 5.02 Å². The minimum absolute atomic E-state index is 0.102. The number of alkyl halides is 3. The van der Waals surface area contributed by atoms with Crippen molar-refractivity contribution in [2.75, 3.05) is 32.8 Å². The first-order chi connectivity index (χ1) is 18.3. The third-order valence-electron chi connectivity index (χ3n) is 6.97. The average Bonchev–Trinajstić information content (AvgIpc) is 2.93. The molecule has 1 aliphatic rings. The minimum atomic E-state index is -5.06. The Hall–Kier alpha value is -3.76. The van der Waals surface area contributed by atoms with E-state index in [-0.39, 0.29) is 39.9 Å². The number of carbonyl (C=O) groups excluding carboxylic acids is 2. The highest BCUT2D eigenvalue weighted by Gasteiger charge is 2.59. The zero-order valence-corrected chi connectivity index (χ0v) is 22.2. The lowest BCUT2D eigenvalue weighted by molar-refractivity contribution is -0.274. The van der Waals surface area contributed by atoms with Gasteiger partial charge in [-0.15, -0.1) is 0 Å². The number of esters is 1. The lowest BCUT2D eigenvalue weighted by Crippen LogP contribution is -2.47. The highest BCUT2D eigenvalue weighted by Crippen LogP contribution is 2.50. The molecule has 0 spiro atoms. The van der Waals surface area contributed by atoms with Crippen molar-refractivity contribution in [2.45, 2.75) is 24.6 Å². The predicted molar refractivity (Wildman–Crippen MR) is 138 cm³/mol. The van der Waals surface area contributed by atoms with Gasteiger partial charge in [0, 0.05) is 18.5 Å². The van der Waals surface area contributed by atoms with Crippen molar-refractivity contribution in [3.8, 4) is 22.6 Å². The number of anilines is 1. The number of halogens is 4. The Morgan fingerprint density at radius 1 is 1.10 bits per heavy atom. The molecule has 3 aromatic carbocycles. The molecule has 4 rings (SSSR count). The van der Waals surface area contributed by atoms with Crippen LogP contribution in [0.1, 0.15) is 34.3 Å². The van der Waals surface area contributed by atoms with Crippen LogP contribution in [0.5, 0.6) is 11.5 Å². The Kier molecular flexibility index (Phi) is 7.55. The molecule has 0 saturated heterocycles. The van der Waals surface area contributed by atoms with Gasteiger partial charge in [-0.25, -0.2) is 4.79 Å². The molecule has 3 aromatic rings. The molecule has 0 fully saturated rings. The van der Waals surface area contributed by atoms with Crippen LogP contribution in [0.15, 0.2) is 54.6 Å². The van der Waals surface area contributed by atoms with E-state index < -0.39 is 35.1 Å². The van der Waals surface area contributed by atoms with E-state index in [0.29, 0.717) is 11.1 Å². The van der Waals surface area contributed by atoms with E-state index in [0.717, 1.165) is 12.1 Å². The van der Waals surface area contributed by atoms with Crippen LogP contribution in [0.3, 0.4) is 0 Å². The van der Waals surface area contributed by atoms with Gasteiger partial charge in [0.25, 0.3) is 5.91 Å². The van der Waals surface area contributed by atoms with E-state index in [2.05, 4.69) is 0 Å². The Bertz CT molecular complexity index is 1430. The van der Waals surface area contributed by atoms with Crippen LogP contribution in [0.25, 0.3) is 11.1 Å². The number of benzene rings is 3. The molecule has 0 saturated carbocycles. The fourth-order valence-electron chi connectivity index (χ4n) is 4.61. The van der Waals surface area contributed by atoms with Crippen molar-refractivity contribution in [2.24, 2.45) is 0 Å². The molecule has 206 valence electrons. The highest BCUT2D eigenvalue weighted by atomic mass is 35.5. The van der Waals surface area contributed by atoms with Crippen molar-refractivity contribution < 1.29 is 42.1 Å². The number of hydrogen-bond acceptors (Lipinski definition) is 6. The second-order valence-corrected chi connectivity index (χ2v) is 9.41. The van der Waals surface area contributed by atoms with E-state index in [1.807, 2.05) is 0 Å². The van der Waals surface area contributed by atoms with Crippen molar-refractivity contribution >= 4 is 29.2 Å². The molecule has 1 aliphatic heterocycles. The van der Waals surface area contributed by atoms with Gasteiger partial charge in [-0.3, -0.25) is 4.79 Å². The van der Waals surface area contributed by atoms with E-state index >= 15 is 0 Å². The number of methoxy groups -OCH3 is 2. The number of carbonyl (C=O) groups is 2. The van der Waals surface area contributed by atoms with Crippen LogP contribution >= 0.6 is 11.6 Å². The van der Waals surface area contributed by atoms with Crippen LogP contribution in [0.4, 0.5) is 18.9 Å². The molecule has 7 nitrogen and oxygen atoms in total. The van der Waals surface area contributed by atoms with Crippen LogP contribution in [-0.2, 0) is 15.1 Å². The number of rotatable bonds is 6. The first kappa shape index (κ1) is 28.3. The molecule has 11 heteroatoms. The van der Waals surface area contributed by atoms with Gasteiger partial charge in [0.1, 0.15) is 11.3 Å². The number of hydrogen-bond donors (Lipinski definition) is 1. The predicted octanol–water partition coefficient (Wildman–Crippen LogP) is 5.71. The van der Waals surface area contributed by atoms with Crippen molar-refractivity contribution in [1.29, 1.82) is 0 Å². The lowest BCUT2D eigenvalue weighted by Gasteiger charge is -2.38. The third-order valence-corrected chi connectivity index (χ3v) is 7.35. The number of nitrogens with zero attached hydrogens (tertiary/aromatic N) is 1. The van der Waals surface area contributed by atoms with Gasteiger partial charge in [-0.2, -0.15) is 13.2 Å². The van der Waals surface area contributed by atoms with Gasteiger partial charge >= 0.3 is 12.1 Å². The Labute approximate surface area is 227 Å². The molecule has 2 atom stereocenters. The molecular formula is C28H25ClF3NO6. The fourth-order valence-corrected chi connectivity index (χ4v) is 4.96. The highest BCUT2D eigenvalue weighted by molar-refractivity contribution is 6.35. The van der Waals surface area contributed by atoms with Crippen LogP contribution in [-0.4, -0.2) is 51.0 Å². The van der Waals surface area contributed by atoms with Gasteiger partial charge in [-0.05, 0) is 34.9 Å². The standard InChI is InChI=1S/C28H25ClF3NO6/c1-15(27(36,28(30,31)32)18-9-12-22-21(13-18)33(2)23(34)14-39-22)16-5-7-17(8-6-16)19-10-11-20(26(35)38-4)25(37-3)24(19)29/h5-13,15,36H,14H2,1-4H3. The first-order valence-electron chi connectivity index (χ1n) is 11.7. The second kappa shape index (κ2) is 10.4. The summed E-state index contributed by atoms with van der Waals surface area (Å²) in [7, 11) is 4.00. The Balaban J connectivity index is 1.73. The van der Waals surface area contributed by atoms with Crippen LogP contribution < -0.4 is 14.4 Å². The topological polar surface area (TPSA) is 85.3 Å². The summed E-state index contributed by atoms with van der Waals surface area (Å²) in [6.45, 7) is 1.05. The SMILES string of the molecule is COC(=O)c1ccc(-c2ccc(C(C)C(O)(c3ccc4c(c3)N(C)C(=O)CO4)C(F)(F)F)cc2)c(Cl)c1OC. The molecule has 0 aliphatic carbocycles. The summed E-state index contributed by atoms with van der Waals surface area (Å²) in [6.07, 6.45) is -5.06. The molecule has 1 N–H and O–H groups in total. The number of amides is 1. The van der Waals surface area contributed by atoms with Crippen molar-refractivity contribution in [3.05, 3.63) is 76.3 Å². The maximum atomic E-state index is 14.5. The molecule has 2 unspecified atom stereocenters. The number of aliphatic hydroxyl groups is 1. The van der Waals surface area contributed by atoms with Gasteiger partial charge in [0.05, 0.1) is 24.9 Å². The molecule has 0 bridgehead atoms. The molecule has 0 radical (unpaired) electrons. The van der Waals surface area contributed by atoms with E-state index in [1.165, 1.54) is 57.4 Å². The number of ether oxygens (including phenoxy) is 3. The van der Waals surface area contributed by atoms with Crippen molar-refractivity contribution in [1.82, 2.24) is 0 Å². The summed E-state index contributed by atoms with van der Waals surface area (Å²) < 4.78 is 58.9. The van der Waals surface area contributed by atoms with Gasteiger partial charge in [-0.1, -0.05) is 54.9 Å². The molecule has 1 amide bonds. The quantitative estimate of drug-likeness (QED) is 0.387. The summed E-state index contributed by atoms with van der Waals surface area (Å²) in [5.41, 5.74) is -2.23. The molecule has 39 heavy (non-hydrogen) atoms. The zero-order chi connectivity index (χ0) is 28.7. The van der Waals surface area contributed by atoms with Gasteiger partial charge in [0.2, 0.25) is 0 Å². The average molecular weight is 564 g/mol. The van der Waals surface area contributed by atoms with Crippen LogP contribution in [0, 0.1) is 0 Å². The van der Waals surface area contributed by atoms with Gasteiger partial charge < -0.3 is 24.2 Å². The number of likely N-dealkylation sites (N-methyl/N-ethyl adjacent to an activating group) is 1. The number of fused-ring (bicyclic) bond motifs is 1. The van der Waals surface area contributed by atoms with E-state index in [9.17, 15) is 27.9 Å².